The molecule has 0 saturated carbocycles. The number of anilines is 2. The van der Waals surface area contributed by atoms with Crippen molar-refractivity contribution in [2.45, 2.75) is 12.5 Å². The van der Waals surface area contributed by atoms with E-state index in [-0.39, 0.29) is 24.5 Å². The summed E-state index contributed by atoms with van der Waals surface area (Å²) in [6.07, 6.45) is 0.442. The average Bonchev–Trinajstić information content (AvgIpc) is 2.68. The van der Waals surface area contributed by atoms with Crippen molar-refractivity contribution in [2.24, 2.45) is 0 Å². The largest absolute Gasteiger partial charge is 0.484 e. The number of nitrogens with one attached hydrogen (secondary N) is 3. The molecule has 2 aromatic carbocycles. The van der Waals surface area contributed by atoms with Crippen LogP contribution in [-0.2, 0) is 9.59 Å². The number of benzene rings is 2. The molecule has 1 fully saturated rings. The van der Waals surface area contributed by atoms with Crippen LogP contribution in [0, 0.1) is 0 Å². The van der Waals surface area contributed by atoms with Gasteiger partial charge < -0.3 is 20.7 Å². The molecule has 1 heterocycles. The third-order valence-corrected chi connectivity index (χ3v) is 5.11. The van der Waals surface area contributed by atoms with Crippen LogP contribution in [0.1, 0.15) is 6.42 Å². The highest BCUT2D eigenvalue weighted by molar-refractivity contribution is 7.99. The molecule has 3 N–H and O–H groups in total. The van der Waals surface area contributed by atoms with E-state index >= 15 is 0 Å². The van der Waals surface area contributed by atoms with Crippen molar-refractivity contribution in [1.29, 1.82) is 0 Å². The van der Waals surface area contributed by atoms with Crippen molar-refractivity contribution >= 4 is 35.0 Å². The maximum atomic E-state index is 12.2. The number of carbonyl (C=O) groups is 2. The Morgan fingerprint density at radius 3 is 2.59 bits per heavy atom. The molecule has 0 aliphatic carbocycles. The third-order valence-electron chi connectivity index (χ3n) is 3.98. The van der Waals surface area contributed by atoms with Crippen molar-refractivity contribution in [3.63, 3.8) is 0 Å². The second-order valence-electron chi connectivity index (χ2n) is 6.21. The second-order valence-corrected chi connectivity index (χ2v) is 7.36. The topological polar surface area (TPSA) is 79.5 Å². The van der Waals surface area contributed by atoms with Gasteiger partial charge in [0.25, 0.3) is 5.91 Å². The van der Waals surface area contributed by atoms with Crippen LogP contribution in [0.3, 0.4) is 0 Å². The van der Waals surface area contributed by atoms with Crippen molar-refractivity contribution < 1.29 is 14.3 Å². The molecule has 2 amide bonds. The number of amides is 2. The summed E-state index contributed by atoms with van der Waals surface area (Å²) in [4.78, 5) is 24.2. The Balaban J connectivity index is 1.46. The minimum Gasteiger partial charge on any atom is -0.484 e. The van der Waals surface area contributed by atoms with Crippen LogP contribution in [0.5, 0.6) is 5.75 Å². The highest BCUT2D eigenvalue weighted by Crippen LogP contribution is 2.18. The van der Waals surface area contributed by atoms with E-state index in [2.05, 4.69) is 16.0 Å². The van der Waals surface area contributed by atoms with Crippen LogP contribution in [0.4, 0.5) is 11.4 Å². The molecule has 0 spiro atoms. The minimum atomic E-state index is -0.239. The third kappa shape index (κ3) is 6.62. The molecule has 1 unspecified atom stereocenters. The first-order valence-corrected chi connectivity index (χ1v) is 10.0. The first-order valence-electron chi connectivity index (χ1n) is 8.88. The molecule has 0 bridgehead atoms. The van der Waals surface area contributed by atoms with E-state index in [1.165, 1.54) is 0 Å². The van der Waals surface area contributed by atoms with Crippen LogP contribution in [0.25, 0.3) is 0 Å². The zero-order valence-corrected chi connectivity index (χ0v) is 15.8. The monoisotopic (exact) mass is 385 g/mol. The van der Waals surface area contributed by atoms with Crippen LogP contribution < -0.4 is 20.7 Å². The SMILES string of the molecule is O=C(COc1cccc(NC(=O)CC2CSCCN2)c1)Nc1ccccc1. The van der Waals surface area contributed by atoms with Crippen molar-refractivity contribution in [3.8, 4) is 5.75 Å². The molecular formula is C20H23N3O3S. The maximum Gasteiger partial charge on any atom is 0.262 e. The zero-order chi connectivity index (χ0) is 18.9. The van der Waals surface area contributed by atoms with Gasteiger partial charge in [0.15, 0.2) is 6.61 Å². The lowest BCUT2D eigenvalue weighted by Gasteiger charge is -2.22. The zero-order valence-electron chi connectivity index (χ0n) is 14.9. The lowest BCUT2D eigenvalue weighted by molar-refractivity contribution is -0.118. The number of carbonyl (C=O) groups excluding carboxylic acids is 2. The van der Waals surface area contributed by atoms with Crippen molar-refractivity contribution in [3.05, 3.63) is 54.6 Å². The molecular weight excluding hydrogens is 362 g/mol. The summed E-state index contributed by atoms with van der Waals surface area (Å²) in [7, 11) is 0. The summed E-state index contributed by atoms with van der Waals surface area (Å²) in [5.74, 6) is 2.30. The first-order chi connectivity index (χ1) is 13.2. The molecule has 7 heteroatoms. The quantitative estimate of drug-likeness (QED) is 0.683. The Hall–Kier alpha value is -2.51. The van der Waals surface area contributed by atoms with Gasteiger partial charge in [0.1, 0.15) is 5.75 Å². The summed E-state index contributed by atoms with van der Waals surface area (Å²) in [5.41, 5.74) is 1.38. The normalized spacial score (nSPS) is 16.4. The van der Waals surface area contributed by atoms with Gasteiger partial charge in [0.2, 0.25) is 5.91 Å². The van der Waals surface area contributed by atoms with Gasteiger partial charge >= 0.3 is 0 Å². The van der Waals surface area contributed by atoms with E-state index in [4.69, 9.17) is 4.74 Å². The number of para-hydroxylation sites is 1. The fraction of sp³-hybridized carbons (Fsp3) is 0.300. The van der Waals surface area contributed by atoms with Gasteiger partial charge in [-0.05, 0) is 24.3 Å². The van der Waals surface area contributed by atoms with E-state index in [9.17, 15) is 9.59 Å². The van der Waals surface area contributed by atoms with E-state index in [1.807, 2.05) is 42.1 Å². The molecule has 0 radical (unpaired) electrons. The fourth-order valence-corrected chi connectivity index (χ4v) is 3.67. The van der Waals surface area contributed by atoms with Gasteiger partial charge in [0, 0.05) is 48.0 Å². The summed E-state index contributed by atoms with van der Waals surface area (Å²) >= 11 is 1.86. The minimum absolute atomic E-state index is 0.0334. The number of hydrogen-bond donors (Lipinski definition) is 3. The molecule has 3 rings (SSSR count). The standard InChI is InChI=1S/C20H23N3O3S/c24-19(12-17-14-27-10-9-21-17)23-16-7-4-8-18(11-16)26-13-20(25)22-15-5-2-1-3-6-15/h1-8,11,17,21H,9-10,12-14H2,(H,22,25)(H,23,24). The number of rotatable bonds is 7. The number of hydrogen-bond acceptors (Lipinski definition) is 5. The Labute approximate surface area is 163 Å². The highest BCUT2D eigenvalue weighted by Gasteiger charge is 2.16. The molecule has 2 aromatic rings. The lowest BCUT2D eigenvalue weighted by atomic mass is 10.2. The summed E-state index contributed by atoms with van der Waals surface area (Å²) in [5, 5.41) is 9.00. The van der Waals surface area contributed by atoms with E-state index < -0.39 is 0 Å². The van der Waals surface area contributed by atoms with Gasteiger partial charge in [0.05, 0.1) is 0 Å². The second kappa shape index (κ2) is 9.99. The van der Waals surface area contributed by atoms with E-state index in [0.717, 1.165) is 23.7 Å². The molecule has 1 aliphatic heterocycles. The fourth-order valence-electron chi connectivity index (χ4n) is 2.72. The van der Waals surface area contributed by atoms with Crippen LogP contribution in [-0.4, -0.2) is 42.5 Å². The molecule has 6 nitrogen and oxygen atoms in total. The summed E-state index contributed by atoms with van der Waals surface area (Å²) < 4.78 is 5.53. The summed E-state index contributed by atoms with van der Waals surface area (Å²) in [6, 6.07) is 16.5. The lowest BCUT2D eigenvalue weighted by Crippen LogP contribution is -2.39. The predicted molar refractivity (Wildman–Crippen MR) is 109 cm³/mol. The van der Waals surface area contributed by atoms with Crippen molar-refractivity contribution in [1.82, 2.24) is 5.32 Å². The molecule has 1 saturated heterocycles. The van der Waals surface area contributed by atoms with Crippen molar-refractivity contribution in [2.75, 3.05) is 35.3 Å². The molecule has 1 atom stereocenters. The van der Waals surface area contributed by atoms with E-state index in [1.54, 1.807) is 24.3 Å². The van der Waals surface area contributed by atoms with E-state index in [0.29, 0.717) is 17.9 Å². The van der Waals surface area contributed by atoms with Gasteiger partial charge in [-0.15, -0.1) is 0 Å². The van der Waals surface area contributed by atoms with Gasteiger partial charge in [-0.1, -0.05) is 24.3 Å². The molecule has 0 aromatic heterocycles. The Morgan fingerprint density at radius 2 is 1.81 bits per heavy atom. The average molecular weight is 385 g/mol. The highest BCUT2D eigenvalue weighted by atomic mass is 32.2. The Morgan fingerprint density at radius 1 is 1.04 bits per heavy atom. The van der Waals surface area contributed by atoms with Gasteiger partial charge in [-0.3, -0.25) is 9.59 Å². The van der Waals surface area contributed by atoms with Crippen LogP contribution >= 0.6 is 11.8 Å². The smallest absolute Gasteiger partial charge is 0.262 e. The summed E-state index contributed by atoms with van der Waals surface area (Å²) in [6.45, 7) is 0.840. The molecule has 142 valence electrons. The Bertz CT molecular complexity index is 764. The van der Waals surface area contributed by atoms with Crippen LogP contribution in [0.15, 0.2) is 54.6 Å². The maximum absolute atomic E-state index is 12.2. The predicted octanol–water partition coefficient (Wildman–Crippen LogP) is 2.74. The molecule has 27 heavy (non-hydrogen) atoms. The molecule has 1 aliphatic rings. The first kappa shape index (κ1) is 19.3. The van der Waals surface area contributed by atoms with Crippen LogP contribution in [0.2, 0.25) is 0 Å². The van der Waals surface area contributed by atoms with Gasteiger partial charge in [-0.25, -0.2) is 0 Å². The number of ether oxygens (including phenoxy) is 1. The number of thioether (sulfide) groups is 1. The van der Waals surface area contributed by atoms with Gasteiger partial charge in [-0.2, -0.15) is 11.8 Å². The Kier molecular flexibility index (Phi) is 7.12.